The van der Waals surface area contributed by atoms with E-state index < -0.39 is 0 Å². The molecule has 1 aliphatic rings. The molecule has 0 aliphatic heterocycles. The molecule has 0 spiro atoms. The summed E-state index contributed by atoms with van der Waals surface area (Å²) in [7, 11) is 0. The van der Waals surface area contributed by atoms with E-state index >= 15 is 0 Å². The maximum absolute atomic E-state index is 2.22. The second-order valence-corrected chi connectivity index (χ2v) is 3.82. The van der Waals surface area contributed by atoms with Crippen molar-refractivity contribution in [3.63, 3.8) is 0 Å². The molecule has 1 heteroatoms. The monoisotopic (exact) mass is 205 g/mol. The van der Waals surface area contributed by atoms with E-state index in [0.717, 1.165) is 6.42 Å². The molecule has 0 aromatic rings. The van der Waals surface area contributed by atoms with Gasteiger partial charge in [0.25, 0.3) is 0 Å². The summed E-state index contributed by atoms with van der Waals surface area (Å²) in [6, 6.07) is 0. The predicted molar refractivity (Wildman–Crippen MR) is 50.6 cm³/mol. The third-order valence-corrected chi connectivity index (χ3v) is 2.63. The van der Waals surface area contributed by atoms with Gasteiger partial charge in [-0.05, 0) is 0 Å². The fourth-order valence-electron chi connectivity index (χ4n) is 0.832. The quantitative estimate of drug-likeness (QED) is 0.616. The SMILES string of the molecule is CCC=CC=[CH][Co][CH]1C=CC=C1. The summed E-state index contributed by atoms with van der Waals surface area (Å²) >= 11 is 1.39. The van der Waals surface area contributed by atoms with Gasteiger partial charge in [-0.1, -0.05) is 0 Å². The van der Waals surface area contributed by atoms with Crippen LogP contribution in [0.1, 0.15) is 13.3 Å². The molecule has 12 heavy (non-hydrogen) atoms. The van der Waals surface area contributed by atoms with Crippen LogP contribution in [0.5, 0.6) is 0 Å². The molecule has 0 heterocycles. The Balaban J connectivity index is 2.16. The van der Waals surface area contributed by atoms with Crippen molar-refractivity contribution in [2.24, 2.45) is 0 Å². The summed E-state index contributed by atoms with van der Waals surface area (Å²) in [5.74, 6) is 0. The molecule has 1 rings (SSSR count). The Labute approximate surface area is 80.7 Å². The van der Waals surface area contributed by atoms with Crippen LogP contribution in [0.25, 0.3) is 0 Å². The third kappa shape index (κ3) is 3.74. The van der Waals surface area contributed by atoms with Crippen molar-refractivity contribution < 1.29 is 14.7 Å². The van der Waals surface area contributed by atoms with Gasteiger partial charge < -0.3 is 0 Å². The zero-order valence-electron chi connectivity index (χ0n) is 7.24. The molecule has 0 bridgehead atoms. The van der Waals surface area contributed by atoms with Crippen molar-refractivity contribution in [2.45, 2.75) is 18.2 Å². The molecule has 0 saturated heterocycles. The van der Waals surface area contributed by atoms with Crippen LogP contribution in [0.15, 0.2) is 47.5 Å². The summed E-state index contributed by atoms with van der Waals surface area (Å²) < 4.78 is 0. The Morgan fingerprint density at radius 1 is 1.25 bits per heavy atom. The van der Waals surface area contributed by atoms with Gasteiger partial charge in [0, 0.05) is 0 Å². The van der Waals surface area contributed by atoms with Crippen molar-refractivity contribution >= 4 is 0 Å². The second kappa shape index (κ2) is 6.04. The Morgan fingerprint density at radius 3 is 2.67 bits per heavy atom. The number of rotatable bonds is 4. The molecule has 1 aliphatic carbocycles. The van der Waals surface area contributed by atoms with E-state index in [1.807, 2.05) is 0 Å². The Hall–Kier alpha value is -0.534. The van der Waals surface area contributed by atoms with Crippen molar-refractivity contribution in [3.05, 3.63) is 47.5 Å². The molecule has 0 nitrogen and oxygen atoms in total. The van der Waals surface area contributed by atoms with Crippen LogP contribution in [-0.2, 0) is 14.7 Å². The second-order valence-electron chi connectivity index (χ2n) is 2.44. The van der Waals surface area contributed by atoms with Gasteiger partial charge >= 0.3 is 80.4 Å². The van der Waals surface area contributed by atoms with Crippen LogP contribution < -0.4 is 0 Å². The molecule has 0 radical (unpaired) electrons. The zero-order chi connectivity index (χ0) is 8.65. The van der Waals surface area contributed by atoms with Crippen molar-refractivity contribution in [1.29, 1.82) is 0 Å². The normalized spacial score (nSPS) is 17.8. The molecule has 0 aromatic heterocycles. The van der Waals surface area contributed by atoms with Gasteiger partial charge in [0.05, 0.1) is 0 Å². The zero-order valence-corrected chi connectivity index (χ0v) is 8.28. The van der Waals surface area contributed by atoms with E-state index in [1.165, 1.54) is 14.7 Å². The van der Waals surface area contributed by atoms with E-state index in [2.05, 4.69) is 54.5 Å². The minimum atomic E-state index is 0.604. The van der Waals surface area contributed by atoms with Gasteiger partial charge in [-0.2, -0.15) is 0 Å². The first-order valence-electron chi connectivity index (χ1n) is 4.17. The average Bonchev–Trinajstić information content (AvgIpc) is 2.57. The van der Waals surface area contributed by atoms with E-state index in [4.69, 9.17) is 0 Å². The van der Waals surface area contributed by atoms with Crippen LogP contribution in [-0.4, -0.2) is 0 Å². The topological polar surface area (TPSA) is 0 Å². The molecule has 0 saturated carbocycles. The number of hydrogen-bond donors (Lipinski definition) is 0. The van der Waals surface area contributed by atoms with Crippen LogP contribution in [0.4, 0.5) is 0 Å². The predicted octanol–water partition coefficient (Wildman–Crippen LogP) is 3.46. The first kappa shape index (κ1) is 9.55. The van der Waals surface area contributed by atoms with E-state index in [9.17, 15) is 0 Å². The first-order valence-corrected chi connectivity index (χ1v) is 5.37. The maximum atomic E-state index is 2.22. The summed E-state index contributed by atoms with van der Waals surface area (Å²) in [6.07, 6.45) is 16.1. The molecule has 0 N–H and O–H groups in total. The molecular formula is C11H14Co. The molecule has 0 amide bonds. The van der Waals surface area contributed by atoms with Crippen LogP contribution in [0.2, 0.25) is 4.85 Å². The number of hydrogen-bond acceptors (Lipinski definition) is 0. The summed E-state index contributed by atoms with van der Waals surface area (Å²) in [5.41, 5.74) is 0. The Kier molecular flexibility index (Phi) is 4.80. The minimum absolute atomic E-state index is 0.604. The van der Waals surface area contributed by atoms with Gasteiger partial charge in [-0.25, -0.2) is 0 Å². The Bertz CT molecular complexity index is 209. The summed E-state index contributed by atoms with van der Waals surface area (Å²) in [4.78, 5) is 0.604. The number of allylic oxidation sites excluding steroid dienone is 7. The van der Waals surface area contributed by atoms with Gasteiger partial charge in [0.1, 0.15) is 0 Å². The third-order valence-electron chi connectivity index (χ3n) is 1.42. The van der Waals surface area contributed by atoms with Crippen LogP contribution in [0.3, 0.4) is 0 Å². The van der Waals surface area contributed by atoms with E-state index in [0.29, 0.717) is 4.85 Å². The van der Waals surface area contributed by atoms with Crippen molar-refractivity contribution in [3.8, 4) is 0 Å². The molecule has 0 fully saturated rings. The van der Waals surface area contributed by atoms with Crippen LogP contribution in [0, 0.1) is 0 Å². The van der Waals surface area contributed by atoms with E-state index in [-0.39, 0.29) is 0 Å². The summed E-state index contributed by atoms with van der Waals surface area (Å²) in [5, 5.41) is 2.19. The molecular weight excluding hydrogens is 191 g/mol. The standard InChI is InChI=1S/C6H9.C5H5.Co/c1-3-5-6-4-2;1-2-4-5-3-1;/h1,3,5-6H,4H2,2H3;1-5H;. The van der Waals surface area contributed by atoms with Crippen LogP contribution >= 0.6 is 0 Å². The van der Waals surface area contributed by atoms with Gasteiger partial charge in [-0.3, -0.25) is 0 Å². The Morgan fingerprint density at radius 2 is 2.00 bits per heavy atom. The first-order chi connectivity index (χ1) is 5.93. The van der Waals surface area contributed by atoms with Gasteiger partial charge in [0.2, 0.25) is 0 Å². The van der Waals surface area contributed by atoms with Gasteiger partial charge in [-0.15, -0.1) is 0 Å². The molecule has 0 unspecified atom stereocenters. The molecule has 0 atom stereocenters. The fourth-order valence-corrected chi connectivity index (χ4v) is 1.76. The van der Waals surface area contributed by atoms with Gasteiger partial charge in [0.15, 0.2) is 0 Å². The van der Waals surface area contributed by atoms with E-state index in [1.54, 1.807) is 0 Å². The molecule has 67 valence electrons. The van der Waals surface area contributed by atoms with Crippen molar-refractivity contribution in [2.75, 3.05) is 0 Å². The fraction of sp³-hybridized carbons (Fsp3) is 0.273. The summed E-state index contributed by atoms with van der Waals surface area (Å²) in [6.45, 7) is 2.14. The molecule has 0 aromatic carbocycles. The van der Waals surface area contributed by atoms with Crippen molar-refractivity contribution in [1.82, 2.24) is 0 Å². The average molecular weight is 205 g/mol.